The number of anilines is 1. The lowest BCUT2D eigenvalue weighted by molar-refractivity contribution is 0.636. The number of thioether (sulfide) groups is 1. The Morgan fingerprint density at radius 1 is 1.50 bits per heavy atom. The van der Waals surface area contributed by atoms with Gasteiger partial charge in [0.15, 0.2) is 5.16 Å². The van der Waals surface area contributed by atoms with Crippen LogP contribution in [0.5, 0.6) is 0 Å². The van der Waals surface area contributed by atoms with Crippen LogP contribution >= 0.6 is 23.1 Å². The molecule has 0 aliphatic carbocycles. The highest BCUT2D eigenvalue weighted by atomic mass is 32.2. The predicted octanol–water partition coefficient (Wildman–Crippen LogP) is 3.41. The van der Waals surface area contributed by atoms with Crippen LogP contribution in [0.25, 0.3) is 10.2 Å². The van der Waals surface area contributed by atoms with Crippen molar-refractivity contribution in [3.05, 3.63) is 11.4 Å². The molecule has 0 radical (unpaired) electrons. The quantitative estimate of drug-likeness (QED) is 0.670. The lowest BCUT2D eigenvalue weighted by atomic mass is 10.2. The van der Waals surface area contributed by atoms with Crippen molar-refractivity contribution in [2.75, 3.05) is 11.5 Å². The molecule has 16 heavy (non-hydrogen) atoms. The van der Waals surface area contributed by atoms with Gasteiger partial charge in [0.2, 0.25) is 0 Å². The van der Waals surface area contributed by atoms with E-state index in [0.29, 0.717) is 11.7 Å². The lowest BCUT2D eigenvalue weighted by Gasteiger charge is -2.06. The third-order valence-electron chi connectivity index (χ3n) is 2.53. The summed E-state index contributed by atoms with van der Waals surface area (Å²) in [6.45, 7) is 4.43. The van der Waals surface area contributed by atoms with Crippen molar-refractivity contribution in [3.8, 4) is 0 Å². The van der Waals surface area contributed by atoms with Crippen LogP contribution in [0.15, 0.2) is 16.6 Å². The highest BCUT2D eigenvalue weighted by Crippen LogP contribution is 2.27. The minimum atomic E-state index is 0.595. The average Bonchev–Trinajstić information content (AvgIpc) is 2.74. The van der Waals surface area contributed by atoms with Crippen LogP contribution in [0.4, 0.5) is 5.82 Å². The van der Waals surface area contributed by atoms with Gasteiger partial charge in [-0.25, -0.2) is 9.97 Å². The Kier molecular flexibility index (Phi) is 3.66. The number of nitrogens with zero attached hydrogens (tertiary/aromatic N) is 2. The van der Waals surface area contributed by atoms with E-state index in [-0.39, 0.29) is 0 Å². The highest BCUT2D eigenvalue weighted by Gasteiger charge is 2.08. The molecule has 86 valence electrons. The molecule has 0 fully saturated rings. The van der Waals surface area contributed by atoms with Gasteiger partial charge in [0.25, 0.3) is 0 Å². The van der Waals surface area contributed by atoms with Gasteiger partial charge in [-0.3, -0.25) is 0 Å². The second kappa shape index (κ2) is 5.01. The van der Waals surface area contributed by atoms with Gasteiger partial charge in [-0.1, -0.05) is 32.0 Å². The van der Waals surface area contributed by atoms with Gasteiger partial charge in [0, 0.05) is 5.75 Å². The van der Waals surface area contributed by atoms with Crippen molar-refractivity contribution >= 4 is 39.1 Å². The molecule has 1 unspecified atom stereocenters. The molecule has 0 saturated carbocycles. The minimum absolute atomic E-state index is 0.595. The summed E-state index contributed by atoms with van der Waals surface area (Å²) in [6, 6.07) is 1.97. The van der Waals surface area contributed by atoms with Crippen LogP contribution in [0, 0.1) is 5.92 Å². The smallest absolute Gasteiger partial charge is 0.190 e. The van der Waals surface area contributed by atoms with Crippen molar-refractivity contribution in [1.29, 1.82) is 0 Å². The summed E-state index contributed by atoms with van der Waals surface area (Å²) in [5, 5.41) is 3.77. The van der Waals surface area contributed by atoms with E-state index >= 15 is 0 Å². The molecule has 2 aromatic heterocycles. The Morgan fingerprint density at radius 2 is 2.31 bits per heavy atom. The molecular weight excluding hydrogens is 238 g/mol. The van der Waals surface area contributed by atoms with Gasteiger partial charge >= 0.3 is 0 Å². The first-order valence-corrected chi connectivity index (χ1v) is 7.20. The summed E-state index contributed by atoms with van der Waals surface area (Å²) < 4.78 is 0. The van der Waals surface area contributed by atoms with E-state index in [1.165, 1.54) is 6.42 Å². The maximum absolute atomic E-state index is 5.88. The first kappa shape index (κ1) is 11.7. The Labute approximate surface area is 103 Å². The standard InChI is InChI=1S/C11H15N3S2/c1-3-7(2)6-16-11-13-9(12)8-4-5-15-10(8)14-11/h4-5,7H,3,6H2,1-2H3,(H2,12,13,14). The van der Waals surface area contributed by atoms with E-state index in [2.05, 4.69) is 23.8 Å². The Morgan fingerprint density at radius 3 is 3.06 bits per heavy atom. The summed E-state index contributed by atoms with van der Waals surface area (Å²) in [6.07, 6.45) is 1.18. The molecule has 0 aliphatic rings. The fourth-order valence-corrected chi connectivity index (χ4v) is 3.07. The van der Waals surface area contributed by atoms with Crippen LogP contribution in [-0.4, -0.2) is 15.7 Å². The molecule has 3 nitrogen and oxygen atoms in total. The predicted molar refractivity (Wildman–Crippen MR) is 72.0 cm³/mol. The normalized spacial score (nSPS) is 13.1. The molecule has 0 amide bonds. The summed E-state index contributed by atoms with van der Waals surface area (Å²) in [4.78, 5) is 9.79. The molecule has 0 aliphatic heterocycles. The monoisotopic (exact) mass is 253 g/mol. The van der Waals surface area contributed by atoms with E-state index in [4.69, 9.17) is 5.73 Å². The van der Waals surface area contributed by atoms with Crippen molar-refractivity contribution in [2.24, 2.45) is 5.92 Å². The highest BCUT2D eigenvalue weighted by molar-refractivity contribution is 7.99. The van der Waals surface area contributed by atoms with Gasteiger partial charge < -0.3 is 5.73 Å². The molecule has 2 aromatic rings. The van der Waals surface area contributed by atoms with Gasteiger partial charge in [-0.15, -0.1) is 11.3 Å². The molecule has 2 heterocycles. The topological polar surface area (TPSA) is 51.8 Å². The zero-order valence-corrected chi connectivity index (χ0v) is 11.1. The third kappa shape index (κ3) is 2.47. The zero-order valence-electron chi connectivity index (χ0n) is 9.43. The minimum Gasteiger partial charge on any atom is -0.383 e. The van der Waals surface area contributed by atoms with Crippen molar-refractivity contribution < 1.29 is 0 Å². The zero-order chi connectivity index (χ0) is 11.5. The van der Waals surface area contributed by atoms with E-state index in [9.17, 15) is 0 Å². The fraction of sp³-hybridized carbons (Fsp3) is 0.455. The van der Waals surface area contributed by atoms with E-state index in [0.717, 1.165) is 21.1 Å². The number of hydrogen-bond donors (Lipinski definition) is 1. The van der Waals surface area contributed by atoms with Crippen molar-refractivity contribution in [2.45, 2.75) is 25.4 Å². The number of rotatable bonds is 4. The molecule has 5 heteroatoms. The van der Waals surface area contributed by atoms with Crippen LogP contribution in [0.2, 0.25) is 0 Å². The average molecular weight is 253 g/mol. The van der Waals surface area contributed by atoms with Crippen LogP contribution < -0.4 is 5.73 Å². The van der Waals surface area contributed by atoms with Gasteiger partial charge in [0.05, 0.1) is 5.39 Å². The van der Waals surface area contributed by atoms with Gasteiger partial charge in [-0.2, -0.15) is 0 Å². The molecule has 0 aromatic carbocycles. The molecule has 1 atom stereocenters. The SMILES string of the molecule is CCC(C)CSc1nc(N)c2ccsc2n1. The first-order chi connectivity index (χ1) is 7.70. The Hall–Kier alpha value is -0.810. The number of nitrogen functional groups attached to an aromatic ring is 1. The maximum Gasteiger partial charge on any atom is 0.190 e. The maximum atomic E-state index is 5.88. The van der Waals surface area contributed by atoms with E-state index in [1.54, 1.807) is 23.1 Å². The summed E-state index contributed by atoms with van der Waals surface area (Å²) in [7, 11) is 0. The second-order valence-electron chi connectivity index (χ2n) is 3.86. The van der Waals surface area contributed by atoms with Gasteiger partial charge in [0.1, 0.15) is 10.6 Å². The van der Waals surface area contributed by atoms with Crippen LogP contribution in [0.3, 0.4) is 0 Å². The number of hydrogen-bond acceptors (Lipinski definition) is 5. The molecule has 0 saturated heterocycles. The molecule has 2 N–H and O–H groups in total. The lowest BCUT2D eigenvalue weighted by Crippen LogP contribution is -1.99. The molecule has 0 bridgehead atoms. The number of aromatic nitrogens is 2. The van der Waals surface area contributed by atoms with E-state index in [1.807, 2.05) is 11.4 Å². The number of fused-ring (bicyclic) bond motifs is 1. The van der Waals surface area contributed by atoms with Gasteiger partial charge in [-0.05, 0) is 17.4 Å². The summed E-state index contributed by atoms with van der Waals surface area (Å²) >= 11 is 3.30. The molecule has 0 spiro atoms. The number of thiophene rings is 1. The Bertz CT molecular complexity index is 481. The third-order valence-corrected chi connectivity index (χ3v) is 4.51. The van der Waals surface area contributed by atoms with Crippen LogP contribution in [0.1, 0.15) is 20.3 Å². The first-order valence-electron chi connectivity index (χ1n) is 5.34. The Balaban J connectivity index is 2.18. The van der Waals surface area contributed by atoms with Crippen molar-refractivity contribution in [1.82, 2.24) is 9.97 Å². The molecular formula is C11H15N3S2. The summed E-state index contributed by atoms with van der Waals surface area (Å²) in [5.74, 6) is 2.33. The van der Waals surface area contributed by atoms with Crippen molar-refractivity contribution in [3.63, 3.8) is 0 Å². The fourth-order valence-electron chi connectivity index (χ4n) is 1.26. The second-order valence-corrected chi connectivity index (χ2v) is 5.74. The number of nitrogens with two attached hydrogens (primary N) is 1. The summed E-state index contributed by atoms with van der Waals surface area (Å²) in [5.41, 5.74) is 5.88. The van der Waals surface area contributed by atoms with Crippen LogP contribution in [-0.2, 0) is 0 Å². The largest absolute Gasteiger partial charge is 0.383 e. The molecule has 2 rings (SSSR count). The van der Waals surface area contributed by atoms with E-state index < -0.39 is 0 Å².